The first kappa shape index (κ1) is 17.1. The van der Waals surface area contributed by atoms with Crippen molar-refractivity contribution in [1.82, 2.24) is 19.9 Å². The van der Waals surface area contributed by atoms with E-state index in [9.17, 15) is 9.59 Å². The fourth-order valence-corrected chi connectivity index (χ4v) is 2.93. The lowest BCUT2D eigenvalue weighted by molar-refractivity contribution is -0.121. The summed E-state index contributed by atoms with van der Waals surface area (Å²) in [5.74, 6) is 0.769. The molecule has 1 aliphatic rings. The maximum absolute atomic E-state index is 12.0. The van der Waals surface area contributed by atoms with E-state index in [1.165, 1.54) is 36.4 Å². The maximum Gasteiger partial charge on any atom is 0.347 e. The van der Waals surface area contributed by atoms with Gasteiger partial charge in [0, 0.05) is 38.2 Å². The molecule has 0 aliphatic carbocycles. The van der Waals surface area contributed by atoms with E-state index in [0.29, 0.717) is 6.54 Å². The van der Waals surface area contributed by atoms with E-state index in [-0.39, 0.29) is 12.5 Å². The minimum Gasteiger partial charge on any atom is -0.357 e. The zero-order valence-corrected chi connectivity index (χ0v) is 14.2. The Kier molecular flexibility index (Phi) is 5.77. The number of rotatable bonds is 5. The van der Waals surface area contributed by atoms with Gasteiger partial charge in [0.2, 0.25) is 5.91 Å². The van der Waals surface area contributed by atoms with Crippen molar-refractivity contribution < 1.29 is 4.79 Å². The van der Waals surface area contributed by atoms with E-state index in [2.05, 4.69) is 20.2 Å². The van der Waals surface area contributed by atoms with Gasteiger partial charge in [-0.1, -0.05) is 18.9 Å². The van der Waals surface area contributed by atoms with Crippen molar-refractivity contribution in [3.63, 3.8) is 0 Å². The molecule has 0 atom stereocenters. The Labute approximate surface area is 146 Å². The highest BCUT2D eigenvalue weighted by molar-refractivity contribution is 5.75. The van der Waals surface area contributed by atoms with Crippen LogP contribution < -0.4 is 15.9 Å². The molecule has 3 rings (SSSR count). The number of anilines is 1. The van der Waals surface area contributed by atoms with Crippen molar-refractivity contribution in [2.45, 2.75) is 38.8 Å². The number of nitrogens with one attached hydrogen (secondary N) is 1. The van der Waals surface area contributed by atoms with Gasteiger partial charge >= 0.3 is 5.69 Å². The molecule has 1 aliphatic heterocycles. The molecular weight excluding hydrogens is 318 g/mol. The van der Waals surface area contributed by atoms with Crippen molar-refractivity contribution in [2.24, 2.45) is 0 Å². The number of carbonyl (C=O) groups is 1. The molecule has 0 spiro atoms. The molecule has 0 bridgehead atoms. The molecule has 0 saturated carbocycles. The van der Waals surface area contributed by atoms with Crippen molar-refractivity contribution >= 4 is 11.7 Å². The smallest absolute Gasteiger partial charge is 0.347 e. The molecule has 25 heavy (non-hydrogen) atoms. The maximum atomic E-state index is 12.0. The summed E-state index contributed by atoms with van der Waals surface area (Å²) in [6.07, 6.45) is 9.78. The van der Waals surface area contributed by atoms with Crippen LogP contribution in [0.25, 0.3) is 0 Å². The van der Waals surface area contributed by atoms with Crippen LogP contribution in [0.5, 0.6) is 0 Å². The predicted octanol–water partition coefficient (Wildman–Crippen LogP) is 1.34. The van der Waals surface area contributed by atoms with Crippen LogP contribution in [0.3, 0.4) is 0 Å². The highest BCUT2D eigenvalue weighted by Crippen LogP contribution is 2.17. The summed E-state index contributed by atoms with van der Waals surface area (Å²) < 4.78 is 1.27. The Bertz CT molecular complexity index is 749. The van der Waals surface area contributed by atoms with Crippen LogP contribution in [-0.2, 0) is 17.9 Å². The fourth-order valence-electron chi connectivity index (χ4n) is 2.93. The van der Waals surface area contributed by atoms with E-state index in [0.717, 1.165) is 24.5 Å². The van der Waals surface area contributed by atoms with Gasteiger partial charge in [-0.05, 0) is 30.5 Å². The molecule has 2 aromatic heterocycles. The van der Waals surface area contributed by atoms with E-state index < -0.39 is 5.69 Å². The van der Waals surface area contributed by atoms with Crippen LogP contribution in [0.1, 0.15) is 31.2 Å². The average Bonchev–Trinajstić information content (AvgIpc) is 2.92. The number of hydrogen-bond donors (Lipinski definition) is 1. The highest BCUT2D eigenvalue weighted by atomic mass is 16.2. The summed E-state index contributed by atoms with van der Waals surface area (Å²) in [5, 5.41) is 2.80. The van der Waals surface area contributed by atoms with Crippen LogP contribution in [0.2, 0.25) is 0 Å². The van der Waals surface area contributed by atoms with Gasteiger partial charge in [-0.15, -0.1) is 0 Å². The molecule has 0 radical (unpaired) electrons. The van der Waals surface area contributed by atoms with Gasteiger partial charge in [0.25, 0.3) is 0 Å². The third kappa shape index (κ3) is 4.89. The van der Waals surface area contributed by atoms with Gasteiger partial charge in [-0.2, -0.15) is 0 Å². The number of pyridine rings is 1. The van der Waals surface area contributed by atoms with E-state index >= 15 is 0 Å². The Morgan fingerprint density at radius 1 is 1.12 bits per heavy atom. The van der Waals surface area contributed by atoms with E-state index in [1.807, 2.05) is 12.1 Å². The molecule has 0 unspecified atom stereocenters. The number of hydrogen-bond acceptors (Lipinski definition) is 5. The standard InChI is InChI=1S/C18H23N5O2/c24-17(14-23-11-5-8-19-18(23)25)21-13-15-6-7-16(20-12-15)22-9-3-1-2-4-10-22/h5-8,11-12H,1-4,9-10,13-14H2,(H,21,24). The molecule has 1 amide bonds. The van der Waals surface area contributed by atoms with Crippen molar-refractivity contribution in [3.05, 3.63) is 52.8 Å². The normalized spacial score (nSPS) is 14.8. The predicted molar refractivity (Wildman–Crippen MR) is 95.3 cm³/mol. The lowest BCUT2D eigenvalue weighted by atomic mass is 10.2. The van der Waals surface area contributed by atoms with E-state index in [4.69, 9.17) is 0 Å². The van der Waals surface area contributed by atoms with Crippen LogP contribution in [-0.4, -0.2) is 33.5 Å². The Hall–Kier alpha value is -2.70. The summed E-state index contributed by atoms with van der Waals surface area (Å²) in [4.78, 5) is 33.9. The molecule has 7 heteroatoms. The van der Waals surface area contributed by atoms with Gasteiger partial charge in [-0.25, -0.2) is 14.8 Å². The molecule has 1 fully saturated rings. The first-order valence-corrected chi connectivity index (χ1v) is 8.70. The first-order valence-electron chi connectivity index (χ1n) is 8.70. The molecule has 132 valence electrons. The van der Waals surface area contributed by atoms with Crippen molar-refractivity contribution in [3.8, 4) is 0 Å². The molecular formula is C18H23N5O2. The molecule has 1 saturated heterocycles. The Morgan fingerprint density at radius 2 is 1.92 bits per heavy atom. The third-order valence-electron chi connectivity index (χ3n) is 4.33. The van der Waals surface area contributed by atoms with Gasteiger partial charge in [0.05, 0.1) is 0 Å². The topological polar surface area (TPSA) is 80.1 Å². The van der Waals surface area contributed by atoms with Gasteiger partial charge in [0.1, 0.15) is 12.4 Å². The van der Waals surface area contributed by atoms with Crippen molar-refractivity contribution in [1.29, 1.82) is 0 Å². The second-order valence-electron chi connectivity index (χ2n) is 6.23. The third-order valence-corrected chi connectivity index (χ3v) is 4.33. The quantitative estimate of drug-likeness (QED) is 0.888. The molecule has 2 aromatic rings. The van der Waals surface area contributed by atoms with Crippen LogP contribution in [0, 0.1) is 0 Å². The summed E-state index contributed by atoms with van der Waals surface area (Å²) in [6, 6.07) is 5.63. The SMILES string of the molecule is O=C(Cn1cccnc1=O)NCc1ccc(N2CCCCCC2)nc1. The average molecular weight is 341 g/mol. The summed E-state index contributed by atoms with van der Waals surface area (Å²) >= 11 is 0. The Morgan fingerprint density at radius 3 is 2.60 bits per heavy atom. The second kappa shape index (κ2) is 8.41. The summed E-state index contributed by atoms with van der Waals surface area (Å²) in [5.41, 5.74) is 0.506. The largest absolute Gasteiger partial charge is 0.357 e. The zero-order chi connectivity index (χ0) is 17.5. The zero-order valence-electron chi connectivity index (χ0n) is 14.2. The molecule has 7 nitrogen and oxygen atoms in total. The monoisotopic (exact) mass is 341 g/mol. The minimum absolute atomic E-state index is 0.0358. The highest BCUT2D eigenvalue weighted by Gasteiger charge is 2.11. The second-order valence-corrected chi connectivity index (χ2v) is 6.23. The summed E-state index contributed by atoms with van der Waals surface area (Å²) in [7, 11) is 0. The van der Waals surface area contributed by atoms with Gasteiger partial charge in [0.15, 0.2) is 0 Å². The van der Waals surface area contributed by atoms with Crippen LogP contribution >= 0.6 is 0 Å². The minimum atomic E-state index is -0.430. The number of aromatic nitrogens is 3. The van der Waals surface area contributed by atoms with Crippen LogP contribution in [0.15, 0.2) is 41.6 Å². The molecule has 0 aromatic carbocycles. The van der Waals surface area contributed by atoms with E-state index in [1.54, 1.807) is 18.5 Å². The van der Waals surface area contributed by atoms with Crippen LogP contribution in [0.4, 0.5) is 5.82 Å². The Balaban J connectivity index is 1.52. The lowest BCUT2D eigenvalue weighted by Crippen LogP contribution is -2.32. The molecule has 3 heterocycles. The number of nitrogens with zero attached hydrogens (tertiary/aromatic N) is 4. The number of carbonyl (C=O) groups excluding carboxylic acids is 1. The summed E-state index contributed by atoms with van der Waals surface area (Å²) in [6.45, 7) is 2.47. The lowest BCUT2D eigenvalue weighted by Gasteiger charge is -2.21. The van der Waals surface area contributed by atoms with Gasteiger partial charge in [-0.3, -0.25) is 9.36 Å². The first-order chi connectivity index (χ1) is 12.2. The van der Waals surface area contributed by atoms with Crippen molar-refractivity contribution in [2.75, 3.05) is 18.0 Å². The molecule has 1 N–H and O–H groups in total. The van der Waals surface area contributed by atoms with Gasteiger partial charge < -0.3 is 10.2 Å². The fraction of sp³-hybridized carbons (Fsp3) is 0.444. The number of amides is 1.